The number of anilines is 2. The largest absolute Gasteiger partial charge is 0.495 e. The van der Waals surface area contributed by atoms with E-state index in [0.29, 0.717) is 23.7 Å². The number of nitrogens with two attached hydrogens (primary N) is 1. The Labute approximate surface area is 101 Å². The molecule has 2 rings (SSSR count). The molecule has 1 saturated heterocycles. The molecule has 1 heterocycles. The maximum atomic E-state index is 11.9. The second kappa shape index (κ2) is 4.10. The zero-order valence-electron chi connectivity index (χ0n) is 9.88. The van der Waals surface area contributed by atoms with Gasteiger partial charge in [0.1, 0.15) is 5.75 Å². The summed E-state index contributed by atoms with van der Waals surface area (Å²) in [6.07, 6.45) is 0. The zero-order chi connectivity index (χ0) is 12.6. The van der Waals surface area contributed by atoms with Crippen LogP contribution in [-0.2, 0) is 10.0 Å². The van der Waals surface area contributed by atoms with Gasteiger partial charge in [0.25, 0.3) is 0 Å². The molecule has 1 aromatic carbocycles. The molecule has 0 aromatic heterocycles. The highest BCUT2D eigenvalue weighted by atomic mass is 32.2. The minimum absolute atomic E-state index is 0.142. The number of ether oxygens (including phenoxy) is 1. The van der Waals surface area contributed by atoms with Crippen molar-refractivity contribution in [1.29, 1.82) is 0 Å². The summed E-state index contributed by atoms with van der Waals surface area (Å²) < 4.78 is 30.3. The summed E-state index contributed by atoms with van der Waals surface area (Å²) >= 11 is 0. The Kier molecular flexibility index (Phi) is 2.91. The molecule has 5 nitrogen and oxygen atoms in total. The first-order valence-corrected chi connectivity index (χ1v) is 6.99. The highest BCUT2D eigenvalue weighted by molar-refractivity contribution is 7.93. The van der Waals surface area contributed by atoms with Crippen LogP contribution in [-0.4, -0.2) is 27.8 Å². The Hall–Kier alpha value is -1.43. The van der Waals surface area contributed by atoms with E-state index in [1.807, 2.05) is 6.92 Å². The van der Waals surface area contributed by atoms with Crippen molar-refractivity contribution in [3.63, 3.8) is 0 Å². The molecule has 1 unspecified atom stereocenters. The van der Waals surface area contributed by atoms with Crippen molar-refractivity contribution in [2.24, 2.45) is 5.92 Å². The number of nitrogens with zero attached hydrogens (tertiary/aromatic N) is 1. The van der Waals surface area contributed by atoms with Crippen molar-refractivity contribution < 1.29 is 13.2 Å². The third kappa shape index (κ3) is 2.17. The third-order valence-corrected chi connectivity index (χ3v) is 4.84. The van der Waals surface area contributed by atoms with Crippen molar-refractivity contribution in [3.8, 4) is 5.75 Å². The van der Waals surface area contributed by atoms with E-state index in [-0.39, 0.29) is 11.7 Å². The van der Waals surface area contributed by atoms with Gasteiger partial charge in [-0.05, 0) is 18.1 Å². The molecule has 0 radical (unpaired) electrons. The summed E-state index contributed by atoms with van der Waals surface area (Å²) in [5, 5.41) is 0. The summed E-state index contributed by atoms with van der Waals surface area (Å²) in [5.41, 5.74) is 6.81. The van der Waals surface area contributed by atoms with Crippen molar-refractivity contribution in [2.45, 2.75) is 6.92 Å². The molecule has 1 atom stereocenters. The molecule has 17 heavy (non-hydrogen) atoms. The van der Waals surface area contributed by atoms with Crippen molar-refractivity contribution >= 4 is 21.4 Å². The lowest BCUT2D eigenvalue weighted by molar-refractivity contribution is 0.417. The van der Waals surface area contributed by atoms with E-state index in [1.165, 1.54) is 11.4 Å². The van der Waals surface area contributed by atoms with Crippen LogP contribution in [0.2, 0.25) is 0 Å². The molecule has 1 aliphatic rings. The smallest absolute Gasteiger partial charge is 0.235 e. The molecule has 0 saturated carbocycles. The van der Waals surface area contributed by atoms with E-state index in [9.17, 15) is 8.42 Å². The number of methoxy groups -OCH3 is 1. The summed E-state index contributed by atoms with van der Waals surface area (Å²) in [6, 6.07) is 5.02. The Balaban J connectivity index is 2.41. The number of sulfonamides is 1. The monoisotopic (exact) mass is 256 g/mol. The first-order valence-electron chi connectivity index (χ1n) is 5.38. The van der Waals surface area contributed by atoms with Gasteiger partial charge in [-0.3, -0.25) is 4.31 Å². The quantitative estimate of drug-likeness (QED) is 0.803. The molecule has 94 valence electrons. The summed E-state index contributed by atoms with van der Waals surface area (Å²) in [6.45, 7) is 2.43. The maximum Gasteiger partial charge on any atom is 0.235 e. The SMILES string of the molecule is COc1cc(N2CC(C)CS2(=O)=O)ccc1N. The summed E-state index contributed by atoms with van der Waals surface area (Å²) in [4.78, 5) is 0. The van der Waals surface area contributed by atoms with Crippen LogP contribution in [0.15, 0.2) is 18.2 Å². The number of benzene rings is 1. The molecule has 1 aromatic rings. The van der Waals surface area contributed by atoms with E-state index in [4.69, 9.17) is 10.5 Å². The Bertz CT molecular complexity index is 528. The van der Waals surface area contributed by atoms with Crippen molar-refractivity contribution in [3.05, 3.63) is 18.2 Å². The fraction of sp³-hybridized carbons (Fsp3) is 0.455. The van der Waals surface area contributed by atoms with Crippen LogP contribution in [0.5, 0.6) is 5.75 Å². The Morgan fingerprint density at radius 1 is 1.47 bits per heavy atom. The number of hydrogen-bond acceptors (Lipinski definition) is 4. The first-order chi connectivity index (χ1) is 7.94. The minimum atomic E-state index is -3.19. The highest BCUT2D eigenvalue weighted by Crippen LogP contribution is 2.32. The van der Waals surface area contributed by atoms with Crippen molar-refractivity contribution in [2.75, 3.05) is 29.4 Å². The summed E-state index contributed by atoms with van der Waals surface area (Å²) in [7, 11) is -1.68. The van der Waals surface area contributed by atoms with Crippen LogP contribution in [0.3, 0.4) is 0 Å². The van der Waals surface area contributed by atoms with Crippen LogP contribution in [0.1, 0.15) is 6.92 Å². The average molecular weight is 256 g/mol. The molecule has 1 fully saturated rings. The molecule has 0 spiro atoms. The lowest BCUT2D eigenvalue weighted by atomic mass is 10.2. The molecule has 2 N–H and O–H groups in total. The molecule has 6 heteroatoms. The molecule has 0 amide bonds. The maximum absolute atomic E-state index is 11.9. The van der Waals surface area contributed by atoms with Gasteiger partial charge in [0.15, 0.2) is 0 Å². The van der Waals surface area contributed by atoms with E-state index in [2.05, 4.69) is 0 Å². The Morgan fingerprint density at radius 3 is 2.71 bits per heavy atom. The predicted molar refractivity (Wildman–Crippen MR) is 67.7 cm³/mol. The van der Waals surface area contributed by atoms with Gasteiger partial charge >= 0.3 is 0 Å². The standard InChI is InChI=1S/C11H16N2O3S/c1-8-6-13(17(14,15)7-8)9-3-4-10(12)11(5-9)16-2/h3-5,8H,6-7,12H2,1-2H3. The Morgan fingerprint density at radius 2 is 2.18 bits per heavy atom. The second-order valence-corrected chi connectivity index (χ2v) is 6.28. The van der Waals surface area contributed by atoms with Gasteiger partial charge < -0.3 is 10.5 Å². The van der Waals surface area contributed by atoms with Crippen LogP contribution in [0.4, 0.5) is 11.4 Å². The van der Waals surface area contributed by atoms with Crippen LogP contribution < -0.4 is 14.8 Å². The molecule has 0 aliphatic carbocycles. The first kappa shape index (κ1) is 12.0. The molecular formula is C11H16N2O3S. The highest BCUT2D eigenvalue weighted by Gasteiger charge is 2.33. The third-order valence-electron chi connectivity index (χ3n) is 2.81. The van der Waals surface area contributed by atoms with Gasteiger partial charge in [0.05, 0.1) is 24.2 Å². The second-order valence-electron chi connectivity index (χ2n) is 4.34. The van der Waals surface area contributed by atoms with Gasteiger partial charge in [-0.1, -0.05) is 6.92 Å². The van der Waals surface area contributed by atoms with E-state index >= 15 is 0 Å². The number of hydrogen-bond donors (Lipinski definition) is 1. The fourth-order valence-corrected chi connectivity index (χ4v) is 3.94. The predicted octanol–water partition coefficient (Wildman–Crippen LogP) is 1.06. The van der Waals surface area contributed by atoms with Gasteiger partial charge in [0, 0.05) is 12.6 Å². The topological polar surface area (TPSA) is 72.6 Å². The van der Waals surface area contributed by atoms with Crippen LogP contribution in [0, 0.1) is 5.92 Å². The van der Waals surface area contributed by atoms with Crippen LogP contribution >= 0.6 is 0 Å². The van der Waals surface area contributed by atoms with Gasteiger partial charge in [-0.15, -0.1) is 0 Å². The average Bonchev–Trinajstić information content (AvgIpc) is 2.53. The normalized spacial score (nSPS) is 22.7. The van der Waals surface area contributed by atoms with E-state index < -0.39 is 10.0 Å². The van der Waals surface area contributed by atoms with Crippen molar-refractivity contribution in [1.82, 2.24) is 0 Å². The summed E-state index contributed by atoms with van der Waals surface area (Å²) in [5.74, 6) is 0.834. The zero-order valence-corrected chi connectivity index (χ0v) is 10.7. The molecular weight excluding hydrogens is 240 g/mol. The number of rotatable bonds is 2. The molecule has 0 bridgehead atoms. The van der Waals surface area contributed by atoms with E-state index in [0.717, 1.165) is 0 Å². The number of nitrogen functional groups attached to an aromatic ring is 1. The van der Waals surface area contributed by atoms with Gasteiger partial charge in [0.2, 0.25) is 10.0 Å². The lowest BCUT2D eigenvalue weighted by Crippen LogP contribution is -2.25. The van der Waals surface area contributed by atoms with Crippen LogP contribution in [0.25, 0.3) is 0 Å². The molecule has 1 aliphatic heterocycles. The van der Waals surface area contributed by atoms with Gasteiger partial charge in [-0.2, -0.15) is 0 Å². The minimum Gasteiger partial charge on any atom is -0.495 e. The lowest BCUT2D eigenvalue weighted by Gasteiger charge is -2.18. The van der Waals surface area contributed by atoms with E-state index in [1.54, 1.807) is 18.2 Å². The fourth-order valence-electron chi connectivity index (χ4n) is 2.02. The van der Waals surface area contributed by atoms with Gasteiger partial charge in [-0.25, -0.2) is 8.42 Å².